The van der Waals surface area contributed by atoms with Gasteiger partial charge in [-0.15, -0.1) is 0 Å². The van der Waals surface area contributed by atoms with E-state index in [2.05, 4.69) is 4.99 Å². The van der Waals surface area contributed by atoms with Crippen molar-refractivity contribution in [3.63, 3.8) is 0 Å². The molecular formula is C31H27ClN2O5S. The molecular weight excluding hydrogens is 548 g/mol. The molecule has 0 spiro atoms. The number of hydrogen-bond acceptors (Lipinski definition) is 7. The molecule has 5 rings (SSSR count). The lowest BCUT2D eigenvalue weighted by atomic mass is 9.96. The fourth-order valence-electron chi connectivity index (χ4n) is 4.53. The van der Waals surface area contributed by atoms with Gasteiger partial charge in [0.1, 0.15) is 6.61 Å². The van der Waals surface area contributed by atoms with Crippen molar-refractivity contribution in [2.75, 3.05) is 13.7 Å². The second-order valence-corrected chi connectivity index (χ2v) is 10.5. The topological polar surface area (TPSA) is 79.1 Å². The van der Waals surface area contributed by atoms with Crippen LogP contribution in [0.4, 0.5) is 0 Å². The van der Waals surface area contributed by atoms with Crippen LogP contribution in [0.5, 0.6) is 11.5 Å². The monoisotopic (exact) mass is 574 g/mol. The minimum Gasteiger partial charge on any atom is -0.493 e. The lowest BCUT2D eigenvalue weighted by molar-refractivity contribution is -0.139. The largest absolute Gasteiger partial charge is 0.493 e. The number of rotatable bonds is 8. The van der Waals surface area contributed by atoms with Crippen molar-refractivity contribution >= 4 is 35.0 Å². The third kappa shape index (κ3) is 5.59. The predicted molar refractivity (Wildman–Crippen MR) is 156 cm³/mol. The number of aromatic nitrogens is 1. The molecule has 40 heavy (non-hydrogen) atoms. The Bertz CT molecular complexity index is 1760. The smallest absolute Gasteiger partial charge is 0.338 e. The molecule has 0 bridgehead atoms. The molecule has 3 aromatic carbocycles. The summed E-state index contributed by atoms with van der Waals surface area (Å²) in [6.45, 7) is 4.10. The fourth-order valence-corrected chi connectivity index (χ4v) is 5.70. The molecule has 1 unspecified atom stereocenters. The van der Waals surface area contributed by atoms with E-state index in [9.17, 15) is 9.59 Å². The minimum atomic E-state index is -0.642. The molecule has 0 N–H and O–H groups in total. The summed E-state index contributed by atoms with van der Waals surface area (Å²) >= 11 is 7.24. The number of allylic oxidation sites excluding steroid dienone is 1. The zero-order valence-electron chi connectivity index (χ0n) is 22.2. The number of thiazole rings is 1. The summed E-state index contributed by atoms with van der Waals surface area (Å²) in [4.78, 5) is 31.9. The van der Waals surface area contributed by atoms with Crippen LogP contribution in [0.1, 0.15) is 36.6 Å². The first-order valence-electron chi connectivity index (χ1n) is 12.7. The molecule has 1 aromatic heterocycles. The van der Waals surface area contributed by atoms with Crippen molar-refractivity contribution < 1.29 is 19.0 Å². The van der Waals surface area contributed by atoms with E-state index >= 15 is 0 Å². The third-order valence-electron chi connectivity index (χ3n) is 6.43. The molecule has 0 aliphatic carbocycles. The number of carbonyl (C=O) groups excluding carboxylic acids is 1. The van der Waals surface area contributed by atoms with Gasteiger partial charge in [0, 0.05) is 5.02 Å². The molecule has 0 saturated heterocycles. The van der Waals surface area contributed by atoms with Crippen LogP contribution < -0.4 is 24.4 Å². The van der Waals surface area contributed by atoms with E-state index in [1.807, 2.05) is 72.8 Å². The number of fused-ring (bicyclic) bond motifs is 1. The maximum atomic E-state index is 13.8. The Balaban J connectivity index is 1.52. The average molecular weight is 575 g/mol. The highest BCUT2D eigenvalue weighted by Gasteiger charge is 2.33. The normalized spacial score (nSPS) is 14.9. The molecule has 4 aromatic rings. The number of halogens is 1. The van der Waals surface area contributed by atoms with Gasteiger partial charge in [-0.25, -0.2) is 9.79 Å². The first kappa shape index (κ1) is 27.4. The van der Waals surface area contributed by atoms with Crippen LogP contribution in [0, 0.1) is 0 Å². The molecule has 0 amide bonds. The van der Waals surface area contributed by atoms with E-state index in [0.717, 1.165) is 16.7 Å². The van der Waals surface area contributed by atoms with E-state index in [1.54, 1.807) is 31.6 Å². The van der Waals surface area contributed by atoms with Gasteiger partial charge in [-0.05, 0) is 60.9 Å². The summed E-state index contributed by atoms with van der Waals surface area (Å²) in [5.41, 5.74) is 3.19. The Morgan fingerprint density at radius 2 is 1.82 bits per heavy atom. The van der Waals surface area contributed by atoms with E-state index in [1.165, 1.54) is 11.3 Å². The van der Waals surface area contributed by atoms with Crippen LogP contribution >= 0.6 is 22.9 Å². The highest BCUT2D eigenvalue weighted by Crippen LogP contribution is 2.31. The van der Waals surface area contributed by atoms with Crippen molar-refractivity contribution in [1.29, 1.82) is 0 Å². The van der Waals surface area contributed by atoms with Crippen molar-refractivity contribution in [2.45, 2.75) is 26.5 Å². The van der Waals surface area contributed by atoms with Gasteiger partial charge in [0.15, 0.2) is 16.3 Å². The summed E-state index contributed by atoms with van der Waals surface area (Å²) in [6.07, 6.45) is 1.79. The lowest BCUT2D eigenvalue weighted by Gasteiger charge is -2.24. The highest BCUT2D eigenvalue weighted by atomic mass is 35.5. The van der Waals surface area contributed by atoms with Crippen molar-refractivity contribution in [3.05, 3.63) is 125 Å². The number of hydrogen-bond donors (Lipinski definition) is 0. The van der Waals surface area contributed by atoms with E-state index < -0.39 is 12.0 Å². The van der Waals surface area contributed by atoms with Crippen molar-refractivity contribution in [2.24, 2.45) is 4.99 Å². The molecule has 1 atom stereocenters. The molecule has 2 heterocycles. The first-order valence-corrected chi connectivity index (χ1v) is 13.9. The number of methoxy groups -OCH3 is 1. The quantitative estimate of drug-likeness (QED) is 0.276. The highest BCUT2D eigenvalue weighted by molar-refractivity contribution is 7.07. The molecule has 9 heteroatoms. The summed E-state index contributed by atoms with van der Waals surface area (Å²) in [6, 6.07) is 21.7. The second-order valence-electron chi connectivity index (χ2n) is 9.04. The van der Waals surface area contributed by atoms with Crippen LogP contribution in [0.15, 0.2) is 93.9 Å². The van der Waals surface area contributed by atoms with Crippen LogP contribution in [-0.4, -0.2) is 24.3 Å². The van der Waals surface area contributed by atoms with E-state index in [0.29, 0.717) is 43.7 Å². The molecule has 204 valence electrons. The number of carbonyl (C=O) groups is 1. The molecule has 7 nitrogen and oxygen atoms in total. The Hall–Kier alpha value is -4.14. The van der Waals surface area contributed by atoms with Gasteiger partial charge < -0.3 is 14.2 Å². The zero-order chi connectivity index (χ0) is 28.2. The standard InChI is InChI=1S/C31H27ClN2O5S/c1-4-38-30(36)27-19(2)33-31-34(28(27)22-8-6-5-7-9-22)29(35)26(40-31)17-21-12-15-24(25(16-21)37-3)39-18-20-10-13-23(32)14-11-20/h5-17,28H,4,18H2,1-3H3. The Labute approximate surface area is 240 Å². The van der Waals surface area contributed by atoms with E-state index in [4.69, 9.17) is 25.8 Å². The molecule has 0 saturated carbocycles. The maximum absolute atomic E-state index is 13.8. The zero-order valence-corrected chi connectivity index (χ0v) is 23.8. The molecule has 1 aliphatic rings. The van der Waals surface area contributed by atoms with Crippen LogP contribution in [-0.2, 0) is 16.1 Å². The molecule has 0 fully saturated rings. The first-order chi connectivity index (χ1) is 19.4. The fraction of sp³-hybridized carbons (Fsp3) is 0.194. The summed E-state index contributed by atoms with van der Waals surface area (Å²) in [7, 11) is 1.57. The summed E-state index contributed by atoms with van der Waals surface area (Å²) < 4.78 is 18.9. The third-order valence-corrected chi connectivity index (χ3v) is 7.66. The van der Waals surface area contributed by atoms with Crippen LogP contribution in [0.2, 0.25) is 5.02 Å². The number of benzene rings is 3. The maximum Gasteiger partial charge on any atom is 0.338 e. The van der Waals surface area contributed by atoms with Crippen LogP contribution in [0.3, 0.4) is 0 Å². The summed E-state index contributed by atoms with van der Waals surface area (Å²) in [5, 5.41) is 0.665. The molecule has 1 aliphatic heterocycles. The minimum absolute atomic E-state index is 0.225. The number of esters is 1. The Kier molecular flexibility index (Phi) is 8.19. The number of ether oxygens (including phenoxy) is 3. The SMILES string of the molecule is CCOC(=O)C1=C(C)N=c2sc(=Cc3ccc(OCc4ccc(Cl)cc4)c(OC)c3)c(=O)n2C1c1ccccc1. The van der Waals surface area contributed by atoms with Gasteiger partial charge in [0.25, 0.3) is 5.56 Å². The number of nitrogens with zero attached hydrogens (tertiary/aromatic N) is 2. The average Bonchev–Trinajstić information content (AvgIpc) is 3.26. The Morgan fingerprint density at radius 1 is 1.07 bits per heavy atom. The van der Waals surface area contributed by atoms with Gasteiger partial charge >= 0.3 is 5.97 Å². The van der Waals surface area contributed by atoms with Gasteiger partial charge in [0.2, 0.25) is 0 Å². The lowest BCUT2D eigenvalue weighted by Crippen LogP contribution is -2.39. The summed E-state index contributed by atoms with van der Waals surface area (Å²) in [5.74, 6) is 0.638. The van der Waals surface area contributed by atoms with Gasteiger partial charge in [-0.3, -0.25) is 9.36 Å². The second kappa shape index (κ2) is 11.9. The predicted octanol–water partition coefficient (Wildman–Crippen LogP) is 5.04. The van der Waals surface area contributed by atoms with Gasteiger partial charge in [-0.1, -0.05) is 71.5 Å². The van der Waals surface area contributed by atoms with Crippen molar-refractivity contribution in [3.8, 4) is 11.5 Å². The Morgan fingerprint density at radius 3 is 2.52 bits per heavy atom. The van der Waals surface area contributed by atoms with Crippen LogP contribution in [0.25, 0.3) is 6.08 Å². The van der Waals surface area contributed by atoms with E-state index in [-0.39, 0.29) is 12.2 Å². The van der Waals surface area contributed by atoms with Crippen molar-refractivity contribution in [1.82, 2.24) is 4.57 Å². The van der Waals surface area contributed by atoms with Gasteiger partial charge in [0.05, 0.1) is 35.6 Å². The molecule has 0 radical (unpaired) electrons. The van der Waals surface area contributed by atoms with Gasteiger partial charge in [-0.2, -0.15) is 0 Å².